The summed E-state index contributed by atoms with van der Waals surface area (Å²) in [6.07, 6.45) is 10.1. The molecule has 3 rings (SSSR count). The summed E-state index contributed by atoms with van der Waals surface area (Å²) in [6.45, 7) is 4.91. The molecular formula is C17H24N2O2. The van der Waals surface area contributed by atoms with Crippen molar-refractivity contribution in [1.29, 1.82) is 0 Å². The van der Waals surface area contributed by atoms with Crippen molar-refractivity contribution in [3.05, 3.63) is 30.2 Å². The average Bonchev–Trinajstić information content (AvgIpc) is 2.99. The third kappa shape index (κ3) is 3.21. The normalized spacial score (nSPS) is 26.4. The van der Waals surface area contributed by atoms with E-state index in [9.17, 15) is 4.79 Å². The highest BCUT2D eigenvalue weighted by Gasteiger charge is 2.38. The molecular weight excluding hydrogens is 264 g/mol. The molecule has 114 valence electrons. The van der Waals surface area contributed by atoms with Crippen LogP contribution in [0.1, 0.15) is 38.4 Å². The molecule has 2 saturated heterocycles. The molecule has 1 aromatic heterocycles. The lowest BCUT2D eigenvalue weighted by molar-refractivity contribution is -0.142. The van der Waals surface area contributed by atoms with Gasteiger partial charge in [0.25, 0.3) is 0 Å². The second kappa shape index (κ2) is 6.48. The first-order chi connectivity index (χ1) is 10.3. The number of piperidine rings is 1. The van der Waals surface area contributed by atoms with Gasteiger partial charge >= 0.3 is 0 Å². The van der Waals surface area contributed by atoms with E-state index in [4.69, 9.17) is 4.42 Å². The number of fused-ring (bicyclic) bond motifs is 2. The lowest BCUT2D eigenvalue weighted by atomic mass is 9.91. The van der Waals surface area contributed by atoms with Crippen LogP contribution in [0.2, 0.25) is 0 Å². The van der Waals surface area contributed by atoms with Crippen LogP contribution in [0.4, 0.5) is 0 Å². The molecule has 2 fully saturated rings. The second-order valence-corrected chi connectivity index (χ2v) is 6.03. The summed E-state index contributed by atoms with van der Waals surface area (Å²) in [7, 11) is 0. The van der Waals surface area contributed by atoms with Gasteiger partial charge in [0.05, 0.1) is 6.26 Å². The first kappa shape index (κ1) is 14.4. The van der Waals surface area contributed by atoms with E-state index in [1.807, 2.05) is 25.1 Å². The maximum Gasteiger partial charge on any atom is 0.222 e. The van der Waals surface area contributed by atoms with Gasteiger partial charge in [0.2, 0.25) is 5.91 Å². The molecule has 4 heteroatoms. The summed E-state index contributed by atoms with van der Waals surface area (Å²) in [5, 5.41) is 0. The predicted octanol–water partition coefficient (Wildman–Crippen LogP) is 2.77. The fourth-order valence-corrected chi connectivity index (χ4v) is 3.64. The summed E-state index contributed by atoms with van der Waals surface area (Å²) in [4.78, 5) is 16.8. The molecule has 0 aromatic carbocycles. The van der Waals surface area contributed by atoms with Gasteiger partial charge in [-0.3, -0.25) is 9.69 Å². The van der Waals surface area contributed by atoms with E-state index in [-0.39, 0.29) is 0 Å². The fraction of sp³-hybridized carbons (Fsp3) is 0.588. The Labute approximate surface area is 126 Å². The Morgan fingerprint density at radius 1 is 1.38 bits per heavy atom. The van der Waals surface area contributed by atoms with Crippen molar-refractivity contribution >= 4 is 12.0 Å². The van der Waals surface area contributed by atoms with E-state index in [1.165, 1.54) is 6.42 Å². The number of carbonyl (C=O) groups excluding carboxylic acids is 1. The molecule has 1 amide bonds. The molecule has 0 saturated carbocycles. The molecule has 0 radical (unpaired) electrons. The smallest absolute Gasteiger partial charge is 0.222 e. The van der Waals surface area contributed by atoms with E-state index >= 15 is 0 Å². The molecule has 2 aliphatic heterocycles. The quantitative estimate of drug-likeness (QED) is 0.855. The highest BCUT2D eigenvalue weighted by molar-refractivity contribution is 5.76. The largest absolute Gasteiger partial charge is 0.465 e. The van der Waals surface area contributed by atoms with Gasteiger partial charge in [-0.25, -0.2) is 0 Å². The van der Waals surface area contributed by atoms with Gasteiger partial charge in [-0.05, 0) is 37.5 Å². The summed E-state index contributed by atoms with van der Waals surface area (Å²) in [5.74, 6) is 1.23. The van der Waals surface area contributed by atoms with Crippen molar-refractivity contribution in [3.8, 4) is 0 Å². The Hall–Kier alpha value is -1.55. The Bertz CT molecular complexity index is 481. The number of rotatable bonds is 4. The van der Waals surface area contributed by atoms with E-state index in [0.717, 1.165) is 38.2 Å². The first-order valence-electron chi connectivity index (χ1n) is 8.01. The monoisotopic (exact) mass is 288 g/mol. The van der Waals surface area contributed by atoms with Gasteiger partial charge in [0.1, 0.15) is 5.76 Å². The number of hydrogen-bond acceptors (Lipinski definition) is 3. The number of furan rings is 1. The SMILES string of the molecule is CCC(=O)N1C2CCCC1CN(C/C=C/c1ccco1)C2. The molecule has 0 aliphatic carbocycles. The van der Waals surface area contributed by atoms with Crippen molar-refractivity contribution < 1.29 is 9.21 Å². The molecule has 2 atom stereocenters. The summed E-state index contributed by atoms with van der Waals surface area (Å²) in [5.41, 5.74) is 0. The van der Waals surface area contributed by atoms with Gasteiger partial charge in [-0.2, -0.15) is 0 Å². The Kier molecular flexibility index (Phi) is 4.44. The maximum atomic E-state index is 12.1. The molecule has 21 heavy (non-hydrogen) atoms. The van der Waals surface area contributed by atoms with Crippen LogP contribution in [-0.4, -0.2) is 47.4 Å². The number of nitrogens with zero attached hydrogens (tertiary/aromatic N) is 2. The van der Waals surface area contributed by atoms with Crippen LogP contribution in [0, 0.1) is 0 Å². The van der Waals surface area contributed by atoms with Gasteiger partial charge in [0.15, 0.2) is 0 Å². The standard InChI is InChI=1S/C17H24N2O2/c1-2-17(20)19-14-6-3-7-15(19)13-18(12-14)10-4-8-16-9-5-11-21-16/h4-5,8-9,11,14-15H,2-3,6-7,10,12-13H2,1H3/b8-4+. The first-order valence-corrected chi connectivity index (χ1v) is 8.01. The zero-order valence-corrected chi connectivity index (χ0v) is 12.7. The van der Waals surface area contributed by atoms with Crippen LogP contribution in [0.25, 0.3) is 6.08 Å². The maximum absolute atomic E-state index is 12.1. The second-order valence-electron chi connectivity index (χ2n) is 6.03. The number of amides is 1. The Morgan fingerprint density at radius 2 is 2.14 bits per heavy atom. The van der Waals surface area contributed by atoms with Crippen LogP contribution in [-0.2, 0) is 4.79 Å². The van der Waals surface area contributed by atoms with Crippen molar-refractivity contribution in [3.63, 3.8) is 0 Å². The summed E-state index contributed by atoms with van der Waals surface area (Å²) < 4.78 is 5.30. The molecule has 0 spiro atoms. The lowest BCUT2D eigenvalue weighted by Gasteiger charge is -2.50. The van der Waals surface area contributed by atoms with Crippen molar-refractivity contribution in [2.75, 3.05) is 19.6 Å². The molecule has 1 aromatic rings. The van der Waals surface area contributed by atoms with E-state index in [1.54, 1.807) is 6.26 Å². The van der Waals surface area contributed by atoms with Crippen molar-refractivity contribution in [2.24, 2.45) is 0 Å². The molecule has 2 unspecified atom stereocenters. The number of piperazine rings is 1. The van der Waals surface area contributed by atoms with Crippen LogP contribution in [0.3, 0.4) is 0 Å². The summed E-state index contributed by atoms with van der Waals surface area (Å²) in [6, 6.07) is 4.70. The van der Waals surface area contributed by atoms with Crippen molar-refractivity contribution in [1.82, 2.24) is 9.80 Å². The fourth-order valence-electron chi connectivity index (χ4n) is 3.64. The average molecular weight is 288 g/mol. The topological polar surface area (TPSA) is 36.7 Å². The molecule has 3 heterocycles. The Balaban J connectivity index is 1.59. The molecule has 4 nitrogen and oxygen atoms in total. The van der Waals surface area contributed by atoms with Crippen molar-refractivity contribution in [2.45, 2.75) is 44.7 Å². The predicted molar refractivity (Wildman–Crippen MR) is 82.7 cm³/mol. The molecule has 2 bridgehead atoms. The third-order valence-corrected chi connectivity index (χ3v) is 4.58. The highest BCUT2D eigenvalue weighted by Crippen LogP contribution is 2.29. The minimum Gasteiger partial charge on any atom is -0.465 e. The van der Waals surface area contributed by atoms with Gasteiger partial charge in [-0.1, -0.05) is 13.0 Å². The molecule has 0 N–H and O–H groups in total. The minimum absolute atomic E-state index is 0.329. The Morgan fingerprint density at radius 3 is 2.76 bits per heavy atom. The highest BCUT2D eigenvalue weighted by atomic mass is 16.3. The lowest BCUT2D eigenvalue weighted by Crippen LogP contribution is -2.62. The van der Waals surface area contributed by atoms with E-state index in [2.05, 4.69) is 15.9 Å². The van der Waals surface area contributed by atoms with E-state index in [0.29, 0.717) is 24.4 Å². The zero-order valence-electron chi connectivity index (χ0n) is 12.7. The zero-order chi connectivity index (χ0) is 14.7. The van der Waals surface area contributed by atoms with Crippen LogP contribution >= 0.6 is 0 Å². The number of carbonyl (C=O) groups is 1. The minimum atomic E-state index is 0.329. The van der Waals surface area contributed by atoms with Gasteiger partial charge in [-0.15, -0.1) is 0 Å². The number of likely N-dealkylation sites (tertiary alicyclic amines) is 1. The molecule has 2 aliphatic rings. The van der Waals surface area contributed by atoms with Gasteiger partial charge < -0.3 is 9.32 Å². The number of hydrogen-bond donors (Lipinski definition) is 0. The van der Waals surface area contributed by atoms with Crippen LogP contribution < -0.4 is 0 Å². The van der Waals surface area contributed by atoms with Crippen LogP contribution in [0.15, 0.2) is 28.9 Å². The van der Waals surface area contributed by atoms with E-state index < -0.39 is 0 Å². The summed E-state index contributed by atoms with van der Waals surface area (Å²) >= 11 is 0. The van der Waals surface area contributed by atoms with Gasteiger partial charge in [0, 0.05) is 38.1 Å². The third-order valence-electron chi connectivity index (χ3n) is 4.58. The van der Waals surface area contributed by atoms with Crippen LogP contribution in [0.5, 0.6) is 0 Å².